The second-order valence-electron chi connectivity index (χ2n) is 13.4. The SMILES string of the molecule is CCN(CC)C(=O)C(C)(C)c1ccc2[nH]c(-c3cc(C)cc(C)c3)c(CCNC(NC#N)N3CCC(Cc4ccccc4)C3)c2c1. The van der Waals surface area contributed by atoms with Crippen molar-refractivity contribution in [2.45, 2.75) is 72.5 Å². The minimum atomic E-state index is -0.652. The fraction of sp³-hybridized carbons (Fsp3) is 0.436. The summed E-state index contributed by atoms with van der Waals surface area (Å²) in [5, 5.41) is 17.5. The van der Waals surface area contributed by atoms with Crippen molar-refractivity contribution in [1.29, 1.82) is 5.26 Å². The first kappa shape index (κ1) is 33.2. The van der Waals surface area contributed by atoms with Gasteiger partial charge in [-0.25, -0.2) is 0 Å². The predicted octanol–water partition coefficient (Wildman–Crippen LogP) is 6.65. The van der Waals surface area contributed by atoms with Gasteiger partial charge in [-0.05, 0) is 113 Å². The van der Waals surface area contributed by atoms with Gasteiger partial charge in [0.25, 0.3) is 0 Å². The number of aromatic nitrogens is 1. The Morgan fingerprint density at radius 2 is 1.78 bits per heavy atom. The third-order valence-electron chi connectivity index (χ3n) is 9.69. The summed E-state index contributed by atoms with van der Waals surface area (Å²) in [6, 6.07) is 23.8. The molecule has 7 heteroatoms. The van der Waals surface area contributed by atoms with Crippen molar-refractivity contribution in [2.75, 3.05) is 32.7 Å². The Morgan fingerprint density at radius 1 is 1.07 bits per heavy atom. The Bertz CT molecular complexity index is 1660. The second kappa shape index (κ2) is 14.5. The van der Waals surface area contributed by atoms with Crippen LogP contribution in [0.5, 0.6) is 0 Å². The number of likely N-dealkylation sites (N-methyl/N-ethyl adjacent to an activating group) is 1. The maximum Gasteiger partial charge on any atom is 0.232 e. The Morgan fingerprint density at radius 3 is 2.46 bits per heavy atom. The van der Waals surface area contributed by atoms with Gasteiger partial charge < -0.3 is 9.88 Å². The summed E-state index contributed by atoms with van der Waals surface area (Å²) >= 11 is 0. The summed E-state index contributed by atoms with van der Waals surface area (Å²) in [7, 11) is 0. The van der Waals surface area contributed by atoms with Crippen LogP contribution in [0, 0.1) is 31.2 Å². The van der Waals surface area contributed by atoms with E-state index < -0.39 is 5.41 Å². The van der Waals surface area contributed by atoms with E-state index in [1.165, 1.54) is 27.8 Å². The highest BCUT2D eigenvalue weighted by Crippen LogP contribution is 2.35. The number of aryl methyl sites for hydroxylation is 2. The van der Waals surface area contributed by atoms with Crippen LogP contribution in [0.25, 0.3) is 22.2 Å². The maximum absolute atomic E-state index is 13.6. The molecule has 1 amide bonds. The number of amides is 1. The molecular formula is C39H50N6O. The number of benzene rings is 3. The quantitative estimate of drug-likeness (QED) is 0.0888. The monoisotopic (exact) mass is 618 g/mol. The first-order valence-corrected chi connectivity index (χ1v) is 16.8. The van der Waals surface area contributed by atoms with Crippen molar-refractivity contribution in [3.63, 3.8) is 0 Å². The van der Waals surface area contributed by atoms with Crippen LogP contribution in [0.3, 0.4) is 0 Å². The zero-order chi connectivity index (χ0) is 32.8. The van der Waals surface area contributed by atoms with Gasteiger partial charge in [0, 0.05) is 49.3 Å². The van der Waals surface area contributed by atoms with Crippen molar-refractivity contribution in [2.24, 2.45) is 5.92 Å². The van der Waals surface area contributed by atoms with Gasteiger partial charge in [-0.15, -0.1) is 0 Å². The molecule has 0 spiro atoms. The van der Waals surface area contributed by atoms with E-state index in [0.29, 0.717) is 25.6 Å². The second-order valence-corrected chi connectivity index (χ2v) is 13.4. The molecule has 242 valence electrons. The van der Waals surface area contributed by atoms with Gasteiger partial charge in [-0.1, -0.05) is 53.6 Å². The summed E-state index contributed by atoms with van der Waals surface area (Å²) in [5.74, 6) is 0.713. The summed E-state index contributed by atoms with van der Waals surface area (Å²) in [5.41, 5.74) is 8.74. The number of fused-ring (bicyclic) bond motifs is 1. The highest BCUT2D eigenvalue weighted by atomic mass is 16.2. The van der Waals surface area contributed by atoms with Crippen LogP contribution in [0.1, 0.15) is 61.9 Å². The first-order valence-electron chi connectivity index (χ1n) is 16.8. The molecule has 1 aliphatic heterocycles. The molecule has 0 radical (unpaired) electrons. The Labute approximate surface area is 275 Å². The zero-order valence-electron chi connectivity index (χ0n) is 28.4. The van der Waals surface area contributed by atoms with Crippen LogP contribution >= 0.6 is 0 Å². The van der Waals surface area contributed by atoms with E-state index in [9.17, 15) is 10.1 Å². The van der Waals surface area contributed by atoms with Crippen molar-refractivity contribution < 1.29 is 4.79 Å². The molecule has 0 saturated carbocycles. The van der Waals surface area contributed by atoms with E-state index in [4.69, 9.17) is 0 Å². The predicted molar refractivity (Wildman–Crippen MR) is 188 cm³/mol. The molecule has 1 aliphatic rings. The highest BCUT2D eigenvalue weighted by Gasteiger charge is 2.33. The topological polar surface area (TPSA) is 87.2 Å². The molecule has 4 aromatic rings. The van der Waals surface area contributed by atoms with Gasteiger partial charge in [-0.2, -0.15) is 5.26 Å². The number of nitriles is 1. The largest absolute Gasteiger partial charge is 0.354 e. The van der Waals surface area contributed by atoms with Gasteiger partial charge >= 0.3 is 0 Å². The summed E-state index contributed by atoms with van der Waals surface area (Å²) in [6.45, 7) is 16.4. The van der Waals surface area contributed by atoms with Gasteiger partial charge in [0.15, 0.2) is 6.19 Å². The minimum absolute atomic E-state index is 0.145. The molecular weight excluding hydrogens is 568 g/mol. The minimum Gasteiger partial charge on any atom is -0.354 e. The average molecular weight is 619 g/mol. The van der Waals surface area contributed by atoms with Crippen molar-refractivity contribution >= 4 is 16.8 Å². The van der Waals surface area contributed by atoms with E-state index in [2.05, 4.69) is 107 Å². The number of nitrogens with one attached hydrogen (secondary N) is 3. The number of rotatable bonds is 13. The van der Waals surface area contributed by atoms with E-state index >= 15 is 0 Å². The summed E-state index contributed by atoms with van der Waals surface area (Å²) in [4.78, 5) is 21.6. The molecule has 7 nitrogen and oxygen atoms in total. The number of nitrogens with zero attached hydrogens (tertiary/aromatic N) is 3. The van der Waals surface area contributed by atoms with Crippen molar-refractivity contribution in [1.82, 2.24) is 25.4 Å². The molecule has 46 heavy (non-hydrogen) atoms. The maximum atomic E-state index is 13.6. The molecule has 3 N–H and O–H groups in total. The van der Waals surface area contributed by atoms with Crippen LogP contribution in [0.15, 0.2) is 66.7 Å². The number of likely N-dealkylation sites (tertiary alicyclic amines) is 1. The number of H-pyrrole nitrogens is 1. The lowest BCUT2D eigenvalue weighted by atomic mass is 9.82. The van der Waals surface area contributed by atoms with E-state index in [1.807, 2.05) is 32.6 Å². The molecule has 1 fully saturated rings. The average Bonchev–Trinajstić information content (AvgIpc) is 3.65. The van der Waals surface area contributed by atoms with Gasteiger partial charge in [0.1, 0.15) is 6.29 Å². The van der Waals surface area contributed by atoms with Crippen LogP contribution in [0.4, 0.5) is 0 Å². The molecule has 3 aromatic carbocycles. The molecule has 5 rings (SSSR count). The first-order chi connectivity index (χ1) is 22.1. The van der Waals surface area contributed by atoms with Gasteiger partial charge in [0.2, 0.25) is 5.91 Å². The Balaban J connectivity index is 1.41. The fourth-order valence-corrected chi connectivity index (χ4v) is 7.17. The molecule has 1 saturated heterocycles. The zero-order valence-corrected chi connectivity index (χ0v) is 28.4. The number of hydrogen-bond donors (Lipinski definition) is 3. The molecule has 1 aromatic heterocycles. The Kier molecular flexibility index (Phi) is 10.5. The van der Waals surface area contributed by atoms with E-state index in [1.54, 1.807) is 0 Å². The number of carbonyl (C=O) groups excluding carboxylic acids is 1. The van der Waals surface area contributed by atoms with Crippen molar-refractivity contribution in [3.05, 3.63) is 94.5 Å². The number of carbonyl (C=O) groups is 1. The molecule has 2 unspecified atom stereocenters. The highest BCUT2D eigenvalue weighted by molar-refractivity contribution is 5.94. The lowest BCUT2D eigenvalue weighted by Crippen LogP contribution is -2.53. The van der Waals surface area contributed by atoms with Gasteiger partial charge in [0.05, 0.1) is 5.41 Å². The summed E-state index contributed by atoms with van der Waals surface area (Å²) < 4.78 is 0. The normalized spacial score (nSPS) is 16.0. The third-order valence-corrected chi connectivity index (χ3v) is 9.69. The lowest BCUT2D eigenvalue weighted by molar-refractivity contribution is -0.135. The fourth-order valence-electron chi connectivity index (χ4n) is 7.17. The molecule has 0 aliphatic carbocycles. The summed E-state index contributed by atoms with van der Waals surface area (Å²) in [6.07, 6.45) is 4.91. The third kappa shape index (κ3) is 7.30. The molecule has 2 heterocycles. The Hall–Kier alpha value is -4.12. The van der Waals surface area contributed by atoms with Crippen LogP contribution in [0.2, 0.25) is 0 Å². The molecule has 0 bridgehead atoms. The number of aromatic amines is 1. The molecule has 2 atom stereocenters. The standard InChI is InChI=1S/C39H50N6O/c1-7-44(8-2)37(46)39(5,6)32-14-15-35-34(24-32)33(36(43-35)31-21-27(3)20-28(4)22-31)16-18-41-38(42-26-40)45-19-17-30(25-45)23-29-12-10-9-11-13-29/h9-15,20-22,24,30,38,41-43H,7-8,16-19,23,25H2,1-6H3. The smallest absolute Gasteiger partial charge is 0.232 e. The van der Waals surface area contributed by atoms with Crippen molar-refractivity contribution in [3.8, 4) is 17.5 Å². The van der Waals surface area contributed by atoms with Crippen LogP contribution in [-0.4, -0.2) is 59.7 Å². The van der Waals surface area contributed by atoms with Gasteiger partial charge in [-0.3, -0.25) is 20.3 Å². The van der Waals surface area contributed by atoms with E-state index in [0.717, 1.165) is 54.5 Å². The van der Waals surface area contributed by atoms with E-state index in [-0.39, 0.29) is 12.2 Å². The van der Waals surface area contributed by atoms with Crippen LogP contribution in [-0.2, 0) is 23.1 Å². The van der Waals surface area contributed by atoms with Crippen LogP contribution < -0.4 is 10.6 Å². The number of hydrogen-bond acceptors (Lipinski definition) is 5. The lowest BCUT2D eigenvalue weighted by Gasteiger charge is -2.31.